The van der Waals surface area contributed by atoms with Crippen LogP contribution in [-0.2, 0) is 9.84 Å². The van der Waals surface area contributed by atoms with Crippen molar-refractivity contribution in [1.82, 2.24) is 0 Å². The molecule has 3 nitrogen and oxygen atoms in total. The zero-order valence-corrected chi connectivity index (χ0v) is 12.2. The van der Waals surface area contributed by atoms with Gasteiger partial charge in [0, 0.05) is 10.5 Å². The van der Waals surface area contributed by atoms with Crippen molar-refractivity contribution >= 4 is 37.4 Å². The van der Waals surface area contributed by atoms with Gasteiger partial charge in [0.05, 0.1) is 16.5 Å². The van der Waals surface area contributed by atoms with E-state index < -0.39 is 9.84 Å². The van der Waals surface area contributed by atoms with Gasteiger partial charge in [-0.15, -0.1) is 0 Å². The molecule has 0 bridgehead atoms. The Morgan fingerprint density at radius 3 is 2.71 bits per heavy atom. The van der Waals surface area contributed by atoms with E-state index in [1.165, 1.54) is 0 Å². The molecule has 2 atom stereocenters. The van der Waals surface area contributed by atoms with Crippen LogP contribution >= 0.6 is 27.5 Å². The highest BCUT2D eigenvalue weighted by atomic mass is 79.9. The summed E-state index contributed by atoms with van der Waals surface area (Å²) in [6.45, 7) is 0. The molecule has 1 aromatic carbocycles. The van der Waals surface area contributed by atoms with Crippen LogP contribution < -0.4 is 5.73 Å². The summed E-state index contributed by atoms with van der Waals surface area (Å²) in [6, 6.07) is 5.23. The summed E-state index contributed by atoms with van der Waals surface area (Å²) in [4.78, 5) is 0. The minimum absolute atomic E-state index is 0.00748. The highest BCUT2D eigenvalue weighted by Crippen LogP contribution is 2.32. The van der Waals surface area contributed by atoms with Gasteiger partial charge < -0.3 is 5.73 Å². The van der Waals surface area contributed by atoms with Gasteiger partial charge >= 0.3 is 0 Å². The van der Waals surface area contributed by atoms with Gasteiger partial charge in [0.1, 0.15) is 0 Å². The molecule has 0 radical (unpaired) electrons. The van der Waals surface area contributed by atoms with Crippen LogP contribution in [0.2, 0.25) is 5.02 Å². The molecule has 2 N–H and O–H groups in total. The monoisotopic (exact) mass is 337 g/mol. The maximum atomic E-state index is 11.4. The molecule has 1 aromatic rings. The standard InChI is InChI=1S/C11H13BrClNO2S/c12-9-5-7(1-2-10(9)13)11(14)8-3-4-17(15,16)6-8/h1-2,5,8,11H,3-4,6,14H2. The Labute approximate surface area is 114 Å². The first-order valence-corrected chi connectivity index (χ1v) is 8.29. The second kappa shape index (κ2) is 4.88. The van der Waals surface area contributed by atoms with Crippen molar-refractivity contribution in [2.75, 3.05) is 11.5 Å². The summed E-state index contributed by atoms with van der Waals surface area (Å²) in [7, 11) is -2.88. The van der Waals surface area contributed by atoms with Crippen LogP contribution in [0.1, 0.15) is 18.0 Å². The third kappa shape index (κ3) is 3.02. The summed E-state index contributed by atoms with van der Waals surface area (Å²) in [5.41, 5.74) is 7.03. The third-order valence-electron chi connectivity index (χ3n) is 3.10. The van der Waals surface area contributed by atoms with Crippen molar-refractivity contribution in [3.8, 4) is 0 Å². The van der Waals surface area contributed by atoms with Crippen molar-refractivity contribution in [2.24, 2.45) is 11.7 Å². The highest BCUT2D eigenvalue weighted by molar-refractivity contribution is 9.10. The molecule has 17 heavy (non-hydrogen) atoms. The summed E-state index contributed by atoms with van der Waals surface area (Å²) in [5, 5.41) is 0.625. The Hall–Kier alpha value is -0.100. The van der Waals surface area contributed by atoms with Crippen LogP contribution in [0.3, 0.4) is 0 Å². The molecular weight excluding hydrogens is 326 g/mol. The van der Waals surface area contributed by atoms with E-state index in [1.807, 2.05) is 12.1 Å². The number of halogens is 2. The minimum atomic E-state index is -2.88. The lowest BCUT2D eigenvalue weighted by molar-refractivity contribution is 0.480. The molecule has 0 saturated carbocycles. The minimum Gasteiger partial charge on any atom is -0.324 e. The Morgan fingerprint density at radius 2 is 2.18 bits per heavy atom. The van der Waals surface area contributed by atoms with Crippen molar-refractivity contribution in [3.05, 3.63) is 33.3 Å². The predicted molar refractivity (Wildman–Crippen MR) is 72.8 cm³/mol. The van der Waals surface area contributed by atoms with Gasteiger partial charge in [-0.3, -0.25) is 0 Å². The Kier molecular flexibility index (Phi) is 3.83. The maximum absolute atomic E-state index is 11.4. The van der Waals surface area contributed by atoms with Crippen LogP contribution in [0.4, 0.5) is 0 Å². The SMILES string of the molecule is NC(c1ccc(Cl)c(Br)c1)C1CCS(=O)(=O)C1. The third-order valence-corrected chi connectivity index (χ3v) is 6.11. The highest BCUT2D eigenvalue weighted by Gasteiger charge is 2.32. The van der Waals surface area contributed by atoms with Gasteiger partial charge in [-0.1, -0.05) is 17.7 Å². The molecule has 1 aliphatic heterocycles. The van der Waals surface area contributed by atoms with Crippen molar-refractivity contribution in [2.45, 2.75) is 12.5 Å². The number of rotatable bonds is 2. The largest absolute Gasteiger partial charge is 0.324 e. The summed E-state index contributed by atoms with van der Waals surface area (Å²) < 4.78 is 23.6. The van der Waals surface area contributed by atoms with E-state index in [-0.39, 0.29) is 23.5 Å². The second-order valence-corrected chi connectivity index (χ2v) is 7.85. The number of sulfone groups is 1. The topological polar surface area (TPSA) is 60.2 Å². The molecular formula is C11H13BrClNO2S. The van der Waals surface area contributed by atoms with Gasteiger partial charge in [-0.25, -0.2) is 8.42 Å². The molecule has 1 heterocycles. The fourth-order valence-corrected chi connectivity index (χ4v) is 4.47. The first-order valence-electron chi connectivity index (χ1n) is 5.30. The van der Waals surface area contributed by atoms with Crippen LogP contribution in [0.15, 0.2) is 22.7 Å². The number of nitrogens with two attached hydrogens (primary N) is 1. The van der Waals surface area contributed by atoms with Gasteiger partial charge in [0.25, 0.3) is 0 Å². The van der Waals surface area contributed by atoms with Gasteiger partial charge in [0.2, 0.25) is 0 Å². The number of benzene rings is 1. The van der Waals surface area contributed by atoms with Crippen molar-refractivity contribution in [1.29, 1.82) is 0 Å². The van der Waals surface area contributed by atoms with Gasteiger partial charge in [-0.05, 0) is 46.0 Å². The lowest BCUT2D eigenvalue weighted by Crippen LogP contribution is -2.22. The van der Waals surface area contributed by atoms with E-state index in [0.29, 0.717) is 11.4 Å². The Bertz CT molecular complexity index is 532. The fourth-order valence-electron chi connectivity index (χ4n) is 2.10. The molecule has 2 rings (SSSR count). The van der Waals surface area contributed by atoms with E-state index in [1.54, 1.807) is 6.07 Å². The van der Waals surface area contributed by atoms with Crippen LogP contribution in [0.25, 0.3) is 0 Å². The number of hydrogen-bond acceptors (Lipinski definition) is 3. The molecule has 0 aliphatic carbocycles. The van der Waals surface area contributed by atoms with Crippen molar-refractivity contribution < 1.29 is 8.42 Å². The zero-order chi connectivity index (χ0) is 12.6. The molecule has 94 valence electrons. The molecule has 1 saturated heterocycles. The fraction of sp³-hybridized carbons (Fsp3) is 0.455. The molecule has 2 unspecified atom stereocenters. The first kappa shape index (κ1) is 13.3. The van der Waals surface area contributed by atoms with Crippen LogP contribution in [-0.4, -0.2) is 19.9 Å². The van der Waals surface area contributed by atoms with E-state index >= 15 is 0 Å². The second-order valence-electron chi connectivity index (χ2n) is 4.36. The van der Waals surface area contributed by atoms with Crippen LogP contribution in [0.5, 0.6) is 0 Å². The normalized spacial score (nSPS) is 24.8. The molecule has 0 aromatic heterocycles. The summed E-state index contributed by atoms with van der Waals surface area (Å²) >= 11 is 9.25. The van der Waals surface area contributed by atoms with E-state index in [0.717, 1.165) is 10.0 Å². The quantitative estimate of drug-likeness (QED) is 0.901. The average Bonchev–Trinajstić information content (AvgIpc) is 2.62. The average molecular weight is 339 g/mol. The van der Waals surface area contributed by atoms with Crippen LogP contribution in [0, 0.1) is 5.92 Å². The van der Waals surface area contributed by atoms with E-state index in [9.17, 15) is 8.42 Å². The van der Waals surface area contributed by atoms with E-state index in [2.05, 4.69) is 15.9 Å². The lowest BCUT2D eigenvalue weighted by atomic mass is 9.93. The molecule has 1 aliphatic rings. The van der Waals surface area contributed by atoms with E-state index in [4.69, 9.17) is 17.3 Å². The first-order chi connectivity index (χ1) is 7.89. The van der Waals surface area contributed by atoms with Gasteiger partial charge in [0.15, 0.2) is 9.84 Å². The molecule has 0 amide bonds. The summed E-state index contributed by atoms with van der Waals surface area (Å²) in [5.74, 6) is 0.447. The zero-order valence-electron chi connectivity index (χ0n) is 9.07. The summed E-state index contributed by atoms with van der Waals surface area (Å²) in [6.07, 6.45) is 0.643. The molecule has 1 fully saturated rings. The Morgan fingerprint density at radius 1 is 1.47 bits per heavy atom. The maximum Gasteiger partial charge on any atom is 0.150 e. The predicted octanol–water partition coefficient (Wildman–Crippen LogP) is 2.54. The number of hydrogen-bond donors (Lipinski definition) is 1. The van der Waals surface area contributed by atoms with Gasteiger partial charge in [-0.2, -0.15) is 0 Å². The van der Waals surface area contributed by atoms with Crippen molar-refractivity contribution in [3.63, 3.8) is 0 Å². The smallest absolute Gasteiger partial charge is 0.150 e. The lowest BCUT2D eigenvalue weighted by Gasteiger charge is -2.18. The molecule has 6 heteroatoms. The Balaban J connectivity index is 2.20. The molecule has 0 spiro atoms.